The van der Waals surface area contributed by atoms with Gasteiger partial charge in [0.25, 0.3) is 0 Å². The third-order valence-corrected chi connectivity index (χ3v) is 4.65. The number of rotatable bonds is 8. The number of carbonyl (C=O) groups excluding carboxylic acids is 2. The molecule has 2 amide bonds. The van der Waals surface area contributed by atoms with Gasteiger partial charge in [0.2, 0.25) is 11.8 Å². The Hall–Kier alpha value is -2.48. The zero-order chi connectivity index (χ0) is 17.6. The molecule has 1 aliphatic carbocycles. The molecule has 1 heterocycles. The summed E-state index contributed by atoms with van der Waals surface area (Å²) in [6, 6.07) is 7.89. The van der Waals surface area contributed by atoms with Crippen LogP contribution in [0.2, 0.25) is 0 Å². The van der Waals surface area contributed by atoms with Gasteiger partial charge in [-0.1, -0.05) is 11.8 Å². The minimum Gasteiger partial charge on any atom is -0.497 e. The van der Waals surface area contributed by atoms with Crippen LogP contribution >= 0.6 is 11.8 Å². The van der Waals surface area contributed by atoms with Crippen LogP contribution in [0.4, 0.5) is 0 Å². The highest BCUT2D eigenvalue weighted by Crippen LogP contribution is 2.22. The SMILES string of the molecule is COc1ccc(-n2ccnc2SCC(=O)NCC(=O)NC2CC2)cc1. The number of methoxy groups -OCH3 is 1. The lowest BCUT2D eigenvalue weighted by Crippen LogP contribution is -2.38. The fourth-order valence-corrected chi connectivity index (χ4v) is 3.01. The maximum atomic E-state index is 11.9. The van der Waals surface area contributed by atoms with Gasteiger partial charge in [0, 0.05) is 24.1 Å². The molecular weight excluding hydrogens is 340 g/mol. The van der Waals surface area contributed by atoms with Crippen molar-refractivity contribution in [1.82, 2.24) is 20.2 Å². The number of thioether (sulfide) groups is 1. The quantitative estimate of drug-likeness (QED) is 0.695. The van der Waals surface area contributed by atoms with Crippen molar-refractivity contribution in [1.29, 1.82) is 0 Å². The fraction of sp³-hybridized carbons (Fsp3) is 0.353. The van der Waals surface area contributed by atoms with E-state index in [0.29, 0.717) is 11.2 Å². The first-order valence-electron chi connectivity index (χ1n) is 8.02. The van der Waals surface area contributed by atoms with E-state index in [-0.39, 0.29) is 24.1 Å². The largest absolute Gasteiger partial charge is 0.497 e. The van der Waals surface area contributed by atoms with Crippen LogP contribution in [0.5, 0.6) is 5.75 Å². The number of amides is 2. The van der Waals surface area contributed by atoms with Gasteiger partial charge < -0.3 is 15.4 Å². The first-order chi connectivity index (χ1) is 12.2. The summed E-state index contributed by atoms with van der Waals surface area (Å²) in [7, 11) is 1.62. The molecule has 1 saturated carbocycles. The Kier molecular flexibility index (Phi) is 5.60. The van der Waals surface area contributed by atoms with E-state index in [1.807, 2.05) is 35.0 Å². The zero-order valence-electron chi connectivity index (χ0n) is 13.9. The zero-order valence-corrected chi connectivity index (χ0v) is 14.7. The van der Waals surface area contributed by atoms with Gasteiger partial charge in [0.1, 0.15) is 5.75 Å². The second-order valence-corrected chi connectivity index (χ2v) is 6.63. The Labute approximate surface area is 150 Å². The molecule has 0 unspecified atom stereocenters. The molecule has 2 N–H and O–H groups in total. The Morgan fingerprint density at radius 2 is 2.04 bits per heavy atom. The van der Waals surface area contributed by atoms with Crippen molar-refractivity contribution in [3.63, 3.8) is 0 Å². The molecule has 3 rings (SSSR count). The maximum absolute atomic E-state index is 11.9. The first-order valence-corrected chi connectivity index (χ1v) is 9.01. The average Bonchev–Trinajstić information content (AvgIpc) is 3.32. The lowest BCUT2D eigenvalue weighted by atomic mass is 10.3. The van der Waals surface area contributed by atoms with Crippen LogP contribution < -0.4 is 15.4 Å². The van der Waals surface area contributed by atoms with Crippen LogP contribution in [0.15, 0.2) is 41.8 Å². The van der Waals surface area contributed by atoms with Crippen molar-refractivity contribution >= 4 is 23.6 Å². The van der Waals surface area contributed by atoms with E-state index in [9.17, 15) is 9.59 Å². The van der Waals surface area contributed by atoms with Crippen LogP contribution in [-0.2, 0) is 9.59 Å². The standard InChI is InChI=1S/C17H20N4O3S/c1-24-14-6-4-13(5-7-14)21-9-8-18-17(21)25-11-16(23)19-10-15(22)20-12-2-3-12/h4-9,12H,2-3,10-11H2,1H3,(H,19,23)(H,20,22). The second kappa shape index (κ2) is 8.06. The molecule has 132 valence electrons. The molecule has 2 aromatic rings. The third-order valence-electron chi connectivity index (χ3n) is 3.68. The van der Waals surface area contributed by atoms with Crippen LogP contribution in [0.1, 0.15) is 12.8 Å². The number of carbonyl (C=O) groups is 2. The third kappa shape index (κ3) is 4.99. The van der Waals surface area contributed by atoms with Gasteiger partial charge in [0.15, 0.2) is 5.16 Å². The molecule has 0 saturated heterocycles. The van der Waals surface area contributed by atoms with Gasteiger partial charge in [-0.3, -0.25) is 14.2 Å². The summed E-state index contributed by atoms with van der Waals surface area (Å²) in [5.41, 5.74) is 0.935. The van der Waals surface area contributed by atoms with E-state index in [2.05, 4.69) is 15.6 Å². The lowest BCUT2D eigenvalue weighted by Gasteiger charge is -2.09. The van der Waals surface area contributed by atoms with Crippen LogP contribution in [-0.4, -0.2) is 46.8 Å². The van der Waals surface area contributed by atoms with Crippen molar-refractivity contribution < 1.29 is 14.3 Å². The number of aromatic nitrogens is 2. The molecule has 1 aliphatic rings. The highest BCUT2D eigenvalue weighted by molar-refractivity contribution is 7.99. The van der Waals surface area contributed by atoms with Gasteiger partial charge in [-0.25, -0.2) is 4.98 Å². The predicted octanol–water partition coefficient (Wildman–Crippen LogP) is 1.37. The van der Waals surface area contributed by atoms with Crippen molar-refractivity contribution in [3.8, 4) is 11.4 Å². The van der Waals surface area contributed by atoms with Crippen molar-refractivity contribution in [2.24, 2.45) is 0 Å². The van der Waals surface area contributed by atoms with Gasteiger partial charge in [-0.2, -0.15) is 0 Å². The Balaban J connectivity index is 1.50. The molecule has 7 nitrogen and oxygen atoms in total. The fourth-order valence-electron chi connectivity index (χ4n) is 2.20. The average molecular weight is 360 g/mol. The van der Waals surface area contributed by atoms with Crippen molar-refractivity contribution in [2.75, 3.05) is 19.4 Å². The number of nitrogens with one attached hydrogen (secondary N) is 2. The van der Waals surface area contributed by atoms with Gasteiger partial charge in [-0.05, 0) is 37.1 Å². The Morgan fingerprint density at radius 3 is 2.72 bits per heavy atom. The number of ether oxygens (including phenoxy) is 1. The molecule has 25 heavy (non-hydrogen) atoms. The minimum absolute atomic E-state index is 0.0167. The summed E-state index contributed by atoms with van der Waals surface area (Å²) in [6.07, 6.45) is 5.59. The lowest BCUT2D eigenvalue weighted by molar-refractivity contribution is -0.124. The molecule has 0 atom stereocenters. The Bertz CT molecular complexity index is 741. The summed E-state index contributed by atoms with van der Waals surface area (Å²) in [4.78, 5) is 27.8. The molecule has 1 fully saturated rings. The minimum atomic E-state index is -0.194. The van der Waals surface area contributed by atoms with Crippen LogP contribution in [0.3, 0.4) is 0 Å². The van der Waals surface area contributed by atoms with E-state index in [1.54, 1.807) is 13.3 Å². The van der Waals surface area contributed by atoms with Gasteiger partial charge in [0.05, 0.1) is 19.4 Å². The van der Waals surface area contributed by atoms with E-state index in [1.165, 1.54) is 11.8 Å². The summed E-state index contributed by atoms with van der Waals surface area (Å²) in [5, 5.41) is 6.17. The van der Waals surface area contributed by atoms with E-state index < -0.39 is 0 Å². The van der Waals surface area contributed by atoms with Crippen LogP contribution in [0.25, 0.3) is 5.69 Å². The Morgan fingerprint density at radius 1 is 1.28 bits per heavy atom. The number of hydrogen-bond acceptors (Lipinski definition) is 5. The molecule has 1 aromatic heterocycles. The number of hydrogen-bond donors (Lipinski definition) is 2. The highest BCUT2D eigenvalue weighted by Gasteiger charge is 2.23. The summed E-state index contributed by atoms with van der Waals surface area (Å²) in [5.74, 6) is 0.645. The normalized spacial score (nSPS) is 13.3. The smallest absolute Gasteiger partial charge is 0.239 e. The molecule has 8 heteroatoms. The summed E-state index contributed by atoms with van der Waals surface area (Å²) in [6.45, 7) is 0.0167. The van der Waals surface area contributed by atoms with Gasteiger partial charge in [-0.15, -0.1) is 0 Å². The van der Waals surface area contributed by atoms with E-state index in [4.69, 9.17) is 4.74 Å². The molecule has 0 aliphatic heterocycles. The topological polar surface area (TPSA) is 85.2 Å². The first kappa shape index (κ1) is 17.3. The van der Waals surface area contributed by atoms with Crippen molar-refractivity contribution in [2.45, 2.75) is 24.0 Å². The number of benzene rings is 1. The van der Waals surface area contributed by atoms with Crippen LogP contribution in [0, 0.1) is 0 Å². The molecule has 1 aromatic carbocycles. The predicted molar refractivity (Wildman–Crippen MR) is 95.0 cm³/mol. The monoisotopic (exact) mass is 360 g/mol. The number of imidazole rings is 1. The van der Waals surface area contributed by atoms with Gasteiger partial charge >= 0.3 is 0 Å². The maximum Gasteiger partial charge on any atom is 0.239 e. The molecular formula is C17H20N4O3S. The molecule has 0 bridgehead atoms. The second-order valence-electron chi connectivity index (χ2n) is 5.69. The van der Waals surface area contributed by atoms with E-state index >= 15 is 0 Å². The molecule has 0 radical (unpaired) electrons. The number of nitrogens with zero attached hydrogens (tertiary/aromatic N) is 2. The van der Waals surface area contributed by atoms with Crippen molar-refractivity contribution in [3.05, 3.63) is 36.7 Å². The summed E-state index contributed by atoms with van der Waals surface area (Å²) >= 11 is 1.32. The summed E-state index contributed by atoms with van der Waals surface area (Å²) < 4.78 is 7.05. The highest BCUT2D eigenvalue weighted by atomic mass is 32.2. The van der Waals surface area contributed by atoms with E-state index in [0.717, 1.165) is 24.3 Å². The molecule has 0 spiro atoms.